The Labute approximate surface area is 81.7 Å². The van der Waals surface area contributed by atoms with Gasteiger partial charge in [0.2, 0.25) is 5.88 Å². The molecular weight excluding hydrogens is 190 g/mol. The summed E-state index contributed by atoms with van der Waals surface area (Å²) >= 11 is 0. The maximum atomic E-state index is 12.5. The average Bonchev–Trinajstić information content (AvgIpc) is 2.45. The third-order valence-corrected chi connectivity index (χ3v) is 1.82. The number of nitrogens with zero attached hydrogens (tertiary/aromatic N) is 2. The van der Waals surface area contributed by atoms with E-state index in [0.717, 1.165) is 0 Å². The monoisotopic (exact) mass is 204 g/mol. The zero-order chi connectivity index (χ0) is 10.9. The number of aromatic nitrogens is 2. The predicted molar refractivity (Wildman–Crippen MR) is 48.7 cm³/mol. The van der Waals surface area contributed by atoms with Crippen LogP contribution < -0.4 is 4.74 Å². The average molecular weight is 204 g/mol. The van der Waals surface area contributed by atoms with E-state index < -0.39 is 6.43 Å². The van der Waals surface area contributed by atoms with Gasteiger partial charge >= 0.3 is 0 Å². The van der Waals surface area contributed by atoms with E-state index in [1.165, 1.54) is 18.0 Å². The van der Waals surface area contributed by atoms with Crippen LogP contribution in [0, 0.1) is 0 Å². The third-order valence-electron chi connectivity index (χ3n) is 1.82. The van der Waals surface area contributed by atoms with E-state index in [4.69, 9.17) is 4.74 Å². The van der Waals surface area contributed by atoms with E-state index in [2.05, 4.69) is 5.10 Å². The summed E-state index contributed by atoms with van der Waals surface area (Å²) in [7, 11) is 1.33. The largest absolute Gasteiger partial charge is 0.480 e. The molecular formula is C9H14F2N2O. The number of ether oxygens (including phenoxy) is 1. The maximum Gasteiger partial charge on any atom is 0.270 e. The van der Waals surface area contributed by atoms with Crippen LogP contribution in [0.1, 0.15) is 32.8 Å². The Hall–Kier alpha value is -1.13. The fourth-order valence-corrected chi connectivity index (χ4v) is 1.02. The Morgan fingerprint density at radius 3 is 2.29 bits per heavy atom. The molecule has 3 nitrogen and oxygen atoms in total. The zero-order valence-electron chi connectivity index (χ0n) is 8.71. The first-order chi connectivity index (χ1) is 6.36. The Balaban J connectivity index is 3.13. The molecule has 0 spiro atoms. The minimum Gasteiger partial charge on any atom is -0.480 e. The molecule has 0 radical (unpaired) electrons. The minimum absolute atomic E-state index is 0.00470. The lowest BCUT2D eigenvalue weighted by Crippen LogP contribution is -2.22. The summed E-state index contributed by atoms with van der Waals surface area (Å²) in [6, 6.07) is 0. The van der Waals surface area contributed by atoms with Gasteiger partial charge in [0.15, 0.2) is 0 Å². The van der Waals surface area contributed by atoms with Gasteiger partial charge in [-0.05, 0) is 20.8 Å². The summed E-state index contributed by atoms with van der Waals surface area (Å²) in [4.78, 5) is 0. The van der Waals surface area contributed by atoms with Crippen LogP contribution in [0.2, 0.25) is 0 Å². The summed E-state index contributed by atoms with van der Waals surface area (Å²) in [6.07, 6.45) is -1.23. The van der Waals surface area contributed by atoms with Crippen molar-refractivity contribution in [1.82, 2.24) is 9.78 Å². The van der Waals surface area contributed by atoms with Crippen LogP contribution in [0.15, 0.2) is 6.20 Å². The Morgan fingerprint density at radius 2 is 2.00 bits per heavy atom. The Morgan fingerprint density at radius 1 is 1.43 bits per heavy atom. The smallest absolute Gasteiger partial charge is 0.270 e. The van der Waals surface area contributed by atoms with Crippen molar-refractivity contribution in [3.05, 3.63) is 11.8 Å². The molecule has 14 heavy (non-hydrogen) atoms. The van der Waals surface area contributed by atoms with E-state index in [1.807, 2.05) is 20.8 Å². The minimum atomic E-state index is -2.55. The quantitative estimate of drug-likeness (QED) is 0.740. The number of halogens is 2. The van der Waals surface area contributed by atoms with Gasteiger partial charge in [0.1, 0.15) is 0 Å². The first kappa shape index (κ1) is 10.9. The Kier molecular flexibility index (Phi) is 2.78. The summed E-state index contributed by atoms with van der Waals surface area (Å²) in [5, 5.41) is 3.94. The van der Waals surface area contributed by atoms with Gasteiger partial charge in [-0.25, -0.2) is 8.78 Å². The second kappa shape index (κ2) is 3.55. The SMILES string of the molecule is COc1nn(C(C)(C)C)cc1C(F)F. The maximum absolute atomic E-state index is 12.5. The molecule has 0 bridgehead atoms. The van der Waals surface area contributed by atoms with Crippen LogP contribution in [0.25, 0.3) is 0 Å². The van der Waals surface area contributed by atoms with Crippen LogP contribution >= 0.6 is 0 Å². The van der Waals surface area contributed by atoms with Crippen molar-refractivity contribution in [2.75, 3.05) is 7.11 Å². The first-order valence-electron chi connectivity index (χ1n) is 4.28. The van der Waals surface area contributed by atoms with Gasteiger partial charge in [-0.2, -0.15) is 0 Å². The normalized spacial score (nSPS) is 12.2. The summed E-state index contributed by atoms with van der Waals surface area (Å²) < 4.78 is 31.2. The van der Waals surface area contributed by atoms with Crippen molar-refractivity contribution in [3.8, 4) is 5.88 Å². The molecule has 0 saturated heterocycles. The molecule has 0 unspecified atom stereocenters. The van der Waals surface area contributed by atoms with Gasteiger partial charge in [0.05, 0.1) is 18.2 Å². The van der Waals surface area contributed by atoms with E-state index >= 15 is 0 Å². The number of hydrogen-bond donors (Lipinski definition) is 0. The molecule has 0 fully saturated rings. The van der Waals surface area contributed by atoms with Gasteiger partial charge in [-0.3, -0.25) is 4.68 Å². The fourth-order valence-electron chi connectivity index (χ4n) is 1.02. The molecule has 0 saturated carbocycles. The van der Waals surface area contributed by atoms with Gasteiger partial charge in [0.25, 0.3) is 6.43 Å². The number of methoxy groups -OCH3 is 1. The molecule has 0 amide bonds. The Bertz CT molecular complexity index is 315. The topological polar surface area (TPSA) is 27.1 Å². The van der Waals surface area contributed by atoms with Crippen molar-refractivity contribution in [2.24, 2.45) is 0 Å². The molecule has 1 aromatic rings. The lowest BCUT2D eigenvalue weighted by Gasteiger charge is -2.18. The van der Waals surface area contributed by atoms with Crippen molar-refractivity contribution < 1.29 is 13.5 Å². The highest BCUT2D eigenvalue weighted by Gasteiger charge is 2.23. The van der Waals surface area contributed by atoms with Crippen molar-refractivity contribution in [3.63, 3.8) is 0 Å². The van der Waals surface area contributed by atoms with Crippen LogP contribution in [0.5, 0.6) is 5.88 Å². The second-order valence-corrected chi connectivity index (χ2v) is 4.01. The summed E-state index contributed by atoms with van der Waals surface area (Å²) in [6.45, 7) is 5.65. The van der Waals surface area contributed by atoms with Crippen molar-refractivity contribution >= 4 is 0 Å². The first-order valence-corrected chi connectivity index (χ1v) is 4.28. The van der Waals surface area contributed by atoms with Gasteiger partial charge in [-0.15, -0.1) is 5.10 Å². The van der Waals surface area contributed by atoms with Crippen LogP contribution in [0.3, 0.4) is 0 Å². The molecule has 1 rings (SSSR count). The molecule has 80 valence electrons. The molecule has 0 N–H and O–H groups in total. The van der Waals surface area contributed by atoms with Crippen molar-refractivity contribution in [2.45, 2.75) is 32.7 Å². The number of alkyl halides is 2. The van der Waals surface area contributed by atoms with E-state index in [9.17, 15) is 8.78 Å². The molecule has 0 aromatic carbocycles. The predicted octanol–water partition coefficient (Wildman–Crippen LogP) is 2.58. The van der Waals surface area contributed by atoms with Crippen LogP contribution in [-0.4, -0.2) is 16.9 Å². The van der Waals surface area contributed by atoms with Crippen LogP contribution in [0.4, 0.5) is 8.78 Å². The molecule has 0 aliphatic heterocycles. The van der Waals surface area contributed by atoms with Gasteiger partial charge in [-0.1, -0.05) is 0 Å². The van der Waals surface area contributed by atoms with E-state index in [0.29, 0.717) is 0 Å². The zero-order valence-corrected chi connectivity index (χ0v) is 8.71. The molecule has 1 heterocycles. The number of rotatable bonds is 2. The highest BCUT2D eigenvalue weighted by atomic mass is 19.3. The molecule has 0 aliphatic rings. The van der Waals surface area contributed by atoms with Gasteiger partial charge in [0, 0.05) is 6.20 Å². The highest BCUT2D eigenvalue weighted by molar-refractivity contribution is 5.24. The van der Waals surface area contributed by atoms with E-state index in [1.54, 1.807) is 0 Å². The standard InChI is InChI=1S/C9H14F2N2O/c1-9(2,3)13-5-6(7(10)11)8(12-13)14-4/h5,7H,1-4H3. The van der Waals surface area contributed by atoms with Crippen molar-refractivity contribution in [1.29, 1.82) is 0 Å². The lowest BCUT2D eigenvalue weighted by atomic mass is 10.1. The molecule has 5 heteroatoms. The summed E-state index contributed by atoms with van der Waals surface area (Å²) in [5.41, 5.74) is -0.483. The van der Waals surface area contributed by atoms with E-state index in [-0.39, 0.29) is 17.0 Å². The summed E-state index contributed by atoms with van der Waals surface area (Å²) in [5.74, 6) is -0.00470. The van der Waals surface area contributed by atoms with Gasteiger partial charge < -0.3 is 4.74 Å². The molecule has 0 aliphatic carbocycles. The van der Waals surface area contributed by atoms with Crippen LogP contribution in [-0.2, 0) is 5.54 Å². The lowest BCUT2D eigenvalue weighted by molar-refractivity contribution is 0.147. The second-order valence-electron chi connectivity index (χ2n) is 4.01. The number of hydrogen-bond acceptors (Lipinski definition) is 2. The molecule has 0 atom stereocenters. The molecule has 1 aromatic heterocycles. The fraction of sp³-hybridized carbons (Fsp3) is 0.667. The highest BCUT2D eigenvalue weighted by Crippen LogP contribution is 2.29. The third kappa shape index (κ3) is 2.02.